The van der Waals surface area contributed by atoms with E-state index in [1.54, 1.807) is 0 Å². The number of nitrogens with one attached hydrogen (secondary N) is 1. The first kappa shape index (κ1) is 24.8. The molecule has 3 N–H and O–H groups in total. The van der Waals surface area contributed by atoms with Crippen LogP contribution >= 0.6 is 0 Å². The maximum Gasteiger partial charge on any atom is 0.221 e. The highest BCUT2D eigenvalue weighted by Crippen LogP contribution is 2.36. The number of unbranched alkanes of at least 4 members (excludes halogenated alkanes) is 1. The summed E-state index contributed by atoms with van der Waals surface area (Å²) in [5.41, 5.74) is 10.2. The Balaban J connectivity index is 1.90. The number of nitrogen functional groups attached to an aromatic ring is 1. The van der Waals surface area contributed by atoms with Gasteiger partial charge in [-0.1, -0.05) is 37.6 Å². The highest BCUT2D eigenvalue weighted by Gasteiger charge is 2.21. The van der Waals surface area contributed by atoms with Gasteiger partial charge in [0.15, 0.2) is 5.82 Å². The molecule has 1 aromatic heterocycles. The van der Waals surface area contributed by atoms with Gasteiger partial charge in [0.1, 0.15) is 5.69 Å². The van der Waals surface area contributed by atoms with E-state index in [2.05, 4.69) is 65.1 Å². The predicted octanol–water partition coefficient (Wildman–Crippen LogP) is 4.81. The molecule has 1 fully saturated rings. The van der Waals surface area contributed by atoms with Crippen LogP contribution in [-0.4, -0.2) is 41.5 Å². The van der Waals surface area contributed by atoms with E-state index in [4.69, 9.17) is 10.5 Å². The van der Waals surface area contributed by atoms with Crippen molar-refractivity contribution in [2.75, 3.05) is 35.6 Å². The molecule has 0 unspecified atom stereocenters. The van der Waals surface area contributed by atoms with Gasteiger partial charge in [-0.15, -0.1) is 0 Å². The SMILES string of the molecule is CCCCOc1cc(N(Cc2cccc(CN3CCCC3)c2)C(C)C)c(NC(C)=O)c(N)n1. The van der Waals surface area contributed by atoms with Crippen LogP contribution in [0.15, 0.2) is 30.3 Å². The highest BCUT2D eigenvalue weighted by atomic mass is 16.5. The summed E-state index contributed by atoms with van der Waals surface area (Å²) in [7, 11) is 0. The fraction of sp³-hybridized carbons (Fsp3) is 0.538. The number of benzene rings is 1. The van der Waals surface area contributed by atoms with E-state index in [1.807, 2.05) is 6.07 Å². The summed E-state index contributed by atoms with van der Waals surface area (Å²) >= 11 is 0. The number of carbonyl (C=O) groups is 1. The average molecular weight is 454 g/mol. The molecule has 0 radical (unpaired) electrons. The van der Waals surface area contributed by atoms with Crippen molar-refractivity contribution in [2.24, 2.45) is 0 Å². The molecule has 1 amide bonds. The molecule has 7 heteroatoms. The van der Waals surface area contributed by atoms with E-state index >= 15 is 0 Å². The van der Waals surface area contributed by atoms with Crippen molar-refractivity contribution in [1.29, 1.82) is 0 Å². The molecular weight excluding hydrogens is 414 g/mol. The van der Waals surface area contributed by atoms with Gasteiger partial charge in [-0.05, 0) is 57.3 Å². The molecule has 0 spiro atoms. The van der Waals surface area contributed by atoms with Crippen LogP contribution in [0.3, 0.4) is 0 Å². The van der Waals surface area contributed by atoms with E-state index in [1.165, 1.54) is 44.0 Å². The minimum absolute atomic E-state index is 0.171. The first-order chi connectivity index (χ1) is 15.9. The number of nitrogens with two attached hydrogens (primary N) is 1. The number of hydrogen-bond donors (Lipinski definition) is 2. The van der Waals surface area contributed by atoms with Crippen LogP contribution in [0.4, 0.5) is 17.2 Å². The molecule has 1 aromatic carbocycles. The Hall–Kier alpha value is -2.80. The highest BCUT2D eigenvalue weighted by molar-refractivity contribution is 5.96. The number of aromatic nitrogens is 1. The van der Waals surface area contributed by atoms with Crippen molar-refractivity contribution in [3.8, 4) is 5.88 Å². The topological polar surface area (TPSA) is 83.7 Å². The van der Waals surface area contributed by atoms with Gasteiger partial charge in [0.05, 0.1) is 12.3 Å². The number of nitrogens with zero attached hydrogens (tertiary/aromatic N) is 3. The second-order valence-corrected chi connectivity index (χ2v) is 9.15. The summed E-state index contributed by atoms with van der Waals surface area (Å²) in [5.74, 6) is 0.571. The van der Waals surface area contributed by atoms with Gasteiger partial charge < -0.3 is 20.7 Å². The first-order valence-corrected chi connectivity index (χ1v) is 12.1. The lowest BCUT2D eigenvalue weighted by molar-refractivity contribution is -0.114. The second-order valence-electron chi connectivity index (χ2n) is 9.15. The monoisotopic (exact) mass is 453 g/mol. The summed E-state index contributed by atoms with van der Waals surface area (Å²) in [4.78, 5) is 21.1. The molecule has 0 saturated carbocycles. The van der Waals surface area contributed by atoms with Gasteiger partial charge >= 0.3 is 0 Å². The molecule has 7 nitrogen and oxygen atoms in total. The van der Waals surface area contributed by atoms with Crippen LogP contribution in [0, 0.1) is 0 Å². The fourth-order valence-electron chi connectivity index (χ4n) is 4.22. The van der Waals surface area contributed by atoms with Crippen molar-refractivity contribution >= 4 is 23.1 Å². The molecule has 0 bridgehead atoms. The quantitative estimate of drug-likeness (QED) is 0.475. The Morgan fingerprint density at radius 2 is 1.97 bits per heavy atom. The zero-order valence-corrected chi connectivity index (χ0v) is 20.6. The van der Waals surface area contributed by atoms with Gasteiger partial charge in [-0.25, -0.2) is 0 Å². The zero-order valence-electron chi connectivity index (χ0n) is 20.6. The Labute approximate surface area is 198 Å². The summed E-state index contributed by atoms with van der Waals surface area (Å²) in [5, 5.41) is 2.89. The van der Waals surface area contributed by atoms with Gasteiger partial charge in [-0.2, -0.15) is 4.98 Å². The first-order valence-electron chi connectivity index (χ1n) is 12.1. The van der Waals surface area contributed by atoms with Crippen molar-refractivity contribution in [1.82, 2.24) is 9.88 Å². The smallest absolute Gasteiger partial charge is 0.221 e. The maximum absolute atomic E-state index is 11.9. The number of amides is 1. The van der Waals surface area contributed by atoms with Crippen LogP contribution in [0.5, 0.6) is 5.88 Å². The molecule has 1 aliphatic heterocycles. The van der Waals surface area contributed by atoms with Crippen LogP contribution in [0.2, 0.25) is 0 Å². The summed E-state index contributed by atoms with van der Waals surface area (Å²) in [6.45, 7) is 12.5. The Morgan fingerprint density at radius 1 is 1.24 bits per heavy atom. The van der Waals surface area contributed by atoms with Crippen LogP contribution in [0.1, 0.15) is 64.5 Å². The van der Waals surface area contributed by atoms with Crippen LogP contribution < -0.4 is 20.7 Å². The second kappa shape index (κ2) is 11.9. The lowest BCUT2D eigenvalue weighted by Gasteiger charge is -2.32. The number of rotatable bonds is 11. The van der Waals surface area contributed by atoms with Gasteiger partial charge in [0.25, 0.3) is 0 Å². The van der Waals surface area contributed by atoms with Crippen LogP contribution in [0.25, 0.3) is 0 Å². The third kappa shape index (κ3) is 7.09. The number of hydrogen-bond acceptors (Lipinski definition) is 6. The van der Waals surface area contributed by atoms with Gasteiger partial charge in [0, 0.05) is 32.1 Å². The molecule has 2 aromatic rings. The molecule has 0 aliphatic carbocycles. The largest absolute Gasteiger partial charge is 0.478 e. The van der Waals surface area contributed by atoms with E-state index < -0.39 is 0 Å². The number of likely N-dealkylation sites (tertiary alicyclic amines) is 1. The minimum Gasteiger partial charge on any atom is -0.478 e. The number of ether oxygens (including phenoxy) is 1. The Kier molecular flexibility index (Phi) is 8.95. The van der Waals surface area contributed by atoms with Gasteiger partial charge in [0.2, 0.25) is 11.8 Å². The van der Waals surface area contributed by atoms with Crippen molar-refractivity contribution in [2.45, 2.75) is 72.5 Å². The van der Waals surface area contributed by atoms with E-state index in [-0.39, 0.29) is 17.8 Å². The lowest BCUT2D eigenvalue weighted by Crippen LogP contribution is -2.31. The van der Waals surface area contributed by atoms with Crippen molar-refractivity contribution in [3.63, 3.8) is 0 Å². The third-order valence-corrected chi connectivity index (χ3v) is 5.93. The fourth-order valence-corrected chi connectivity index (χ4v) is 4.22. The predicted molar refractivity (Wildman–Crippen MR) is 136 cm³/mol. The molecular formula is C26H39N5O2. The average Bonchev–Trinajstić information content (AvgIpc) is 3.27. The van der Waals surface area contributed by atoms with Crippen molar-refractivity contribution < 1.29 is 9.53 Å². The third-order valence-electron chi connectivity index (χ3n) is 5.93. The lowest BCUT2D eigenvalue weighted by atomic mass is 10.1. The summed E-state index contributed by atoms with van der Waals surface area (Å²) < 4.78 is 5.87. The molecule has 1 saturated heterocycles. The van der Waals surface area contributed by atoms with Crippen molar-refractivity contribution in [3.05, 3.63) is 41.5 Å². The molecule has 2 heterocycles. The standard InChI is InChI=1S/C26H39N5O2/c1-5-6-14-33-24-16-23(25(26(27)29-24)28-20(4)32)31(19(2)3)18-22-11-9-10-21(15-22)17-30-12-7-8-13-30/h9-11,15-16,19H,5-8,12-14,17-18H2,1-4H3,(H2,27,29)(H,28,32). The maximum atomic E-state index is 11.9. The van der Waals surface area contributed by atoms with Gasteiger partial charge in [-0.3, -0.25) is 9.69 Å². The van der Waals surface area contributed by atoms with E-state index in [9.17, 15) is 4.79 Å². The zero-order chi connectivity index (χ0) is 23.8. The Morgan fingerprint density at radius 3 is 2.64 bits per heavy atom. The number of carbonyl (C=O) groups excluding carboxylic acids is 1. The van der Waals surface area contributed by atoms with Crippen LogP contribution in [-0.2, 0) is 17.9 Å². The summed E-state index contributed by atoms with van der Waals surface area (Å²) in [6.07, 6.45) is 4.57. The van der Waals surface area contributed by atoms with E-state index in [0.717, 1.165) is 25.1 Å². The number of anilines is 3. The minimum atomic E-state index is -0.180. The normalized spacial score (nSPS) is 14.0. The summed E-state index contributed by atoms with van der Waals surface area (Å²) in [6, 6.07) is 10.8. The molecule has 33 heavy (non-hydrogen) atoms. The number of pyridine rings is 1. The Bertz CT molecular complexity index is 925. The molecule has 0 atom stereocenters. The molecule has 3 rings (SSSR count). The molecule has 180 valence electrons. The molecule has 1 aliphatic rings. The van der Waals surface area contributed by atoms with E-state index in [0.29, 0.717) is 24.7 Å².